The van der Waals surface area contributed by atoms with Gasteiger partial charge < -0.3 is 0 Å². The fraction of sp³-hybridized carbons (Fsp3) is 0.467. The second kappa shape index (κ2) is 5.19. The maximum atomic E-state index is 11.6. The largest absolute Gasteiger partial charge is 0.300 e. The third kappa shape index (κ3) is 2.61. The molecule has 1 aromatic carbocycles. The molecule has 1 aliphatic rings. The molecule has 94 valence electrons. The number of aromatic nitrogens is 1. The lowest BCUT2D eigenvalue weighted by Crippen LogP contribution is -2.07. The number of carbonyl (C=O) groups is 1. The van der Waals surface area contributed by atoms with Crippen LogP contribution in [-0.4, -0.2) is 10.8 Å². The standard InChI is InChI=1S/C15H17NOS/c17-12-6-2-1-5-11(9-12)10-15-16-13-7-3-4-8-14(13)18-15/h3-4,7-8,11H,1-2,5-6,9-10H2. The summed E-state index contributed by atoms with van der Waals surface area (Å²) in [5.41, 5.74) is 1.09. The Hall–Kier alpha value is -1.22. The van der Waals surface area contributed by atoms with Crippen LogP contribution in [0.25, 0.3) is 10.2 Å². The van der Waals surface area contributed by atoms with Crippen LogP contribution in [0.4, 0.5) is 0 Å². The van der Waals surface area contributed by atoms with Crippen molar-refractivity contribution >= 4 is 27.3 Å². The zero-order chi connectivity index (χ0) is 12.4. The van der Waals surface area contributed by atoms with E-state index in [9.17, 15) is 4.79 Å². The van der Waals surface area contributed by atoms with E-state index >= 15 is 0 Å². The van der Waals surface area contributed by atoms with Gasteiger partial charge in [0, 0.05) is 19.3 Å². The molecular weight excluding hydrogens is 242 g/mol. The monoisotopic (exact) mass is 259 g/mol. The number of para-hydroxylation sites is 1. The molecule has 0 aliphatic heterocycles. The van der Waals surface area contributed by atoms with Crippen LogP contribution in [0.3, 0.4) is 0 Å². The van der Waals surface area contributed by atoms with E-state index in [1.54, 1.807) is 11.3 Å². The van der Waals surface area contributed by atoms with Gasteiger partial charge in [-0.2, -0.15) is 0 Å². The minimum atomic E-state index is 0.443. The summed E-state index contributed by atoms with van der Waals surface area (Å²) in [6, 6.07) is 8.27. The first-order chi connectivity index (χ1) is 8.81. The van der Waals surface area contributed by atoms with E-state index in [2.05, 4.69) is 23.2 Å². The smallest absolute Gasteiger partial charge is 0.133 e. The van der Waals surface area contributed by atoms with Gasteiger partial charge in [0.25, 0.3) is 0 Å². The van der Waals surface area contributed by atoms with Crippen molar-refractivity contribution in [3.63, 3.8) is 0 Å². The average molecular weight is 259 g/mol. The fourth-order valence-corrected chi connectivity index (χ4v) is 3.79. The third-order valence-corrected chi connectivity index (χ3v) is 4.69. The lowest BCUT2D eigenvalue weighted by Gasteiger charge is -2.10. The number of rotatable bonds is 2. The predicted octanol–water partition coefficient (Wildman–Crippen LogP) is 3.99. The zero-order valence-electron chi connectivity index (χ0n) is 10.4. The van der Waals surface area contributed by atoms with Crippen molar-refractivity contribution in [2.45, 2.75) is 38.5 Å². The molecule has 1 saturated carbocycles. The summed E-state index contributed by atoms with van der Waals surface area (Å²) < 4.78 is 1.26. The van der Waals surface area contributed by atoms with E-state index < -0.39 is 0 Å². The van der Waals surface area contributed by atoms with Crippen LogP contribution in [0.15, 0.2) is 24.3 Å². The van der Waals surface area contributed by atoms with Gasteiger partial charge in [0.05, 0.1) is 15.2 Å². The Bertz CT molecular complexity index is 527. The lowest BCUT2D eigenvalue weighted by molar-refractivity contribution is -0.119. The normalized spacial score (nSPS) is 21.1. The van der Waals surface area contributed by atoms with Crippen molar-refractivity contribution < 1.29 is 4.79 Å². The second-order valence-corrected chi connectivity index (χ2v) is 6.25. The van der Waals surface area contributed by atoms with E-state index in [0.29, 0.717) is 11.7 Å². The molecule has 0 N–H and O–H groups in total. The number of thiazole rings is 1. The number of carbonyl (C=O) groups excluding carboxylic acids is 1. The predicted molar refractivity (Wildman–Crippen MR) is 74.9 cm³/mol. The average Bonchev–Trinajstić information content (AvgIpc) is 2.65. The highest BCUT2D eigenvalue weighted by atomic mass is 32.1. The molecule has 0 saturated heterocycles. The van der Waals surface area contributed by atoms with Gasteiger partial charge in [0.1, 0.15) is 5.78 Å². The van der Waals surface area contributed by atoms with Gasteiger partial charge in [-0.25, -0.2) is 4.98 Å². The van der Waals surface area contributed by atoms with Crippen LogP contribution in [0.5, 0.6) is 0 Å². The maximum Gasteiger partial charge on any atom is 0.133 e. The van der Waals surface area contributed by atoms with Crippen molar-refractivity contribution in [3.8, 4) is 0 Å². The van der Waals surface area contributed by atoms with Gasteiger partial charge in [-0.05, 0) is 30.9 Å². The molecule has 1 aromatic heterocycles. The molecule has 2 aromatic rings. The van der Waals surface area contributed by atoms with Crippen LogP contribution in [0.2, 0.25) is 0 Å². The first-order valence-electron chi connectivity index (χ1n) is 6.67. The number of fused-ring (bicyclic) bond motifs is 1. The molecule has 3 rings (SSSR count). The highest BCUT2D eigenvalue weighted by molar-refractivity contribution is 7.18. The molecule has 0 amide bonds. The van der Waals surface area contributed by atoms with E-state index in [1.165, 1.54) is 22.5 Å². The summed E-state index contributed by atoms with van der Waals surface area (Å²) in [4.78, 5) is 16.3. The Morgan fingerprint density at radius 3 is 3.06 bits per heavy atom. The number of benzene rings is 1. The summed E-state index contributed by atoms with van der Waals surface area (Å²) in [6.45, 7) is 0. The number of nitrogens with zero attached hydrogens (tertiary/aromatic N) is 1. The van der Waals surface area contributed by atoms with Crippen LogP contribution >= 0.6 is 11.3 Å². The summed E-state index contributed by atoms with van der Waals surface area (Å²) >= 11 is 1.78. The van der Waals surface area contributed by atoms with Crippen molar-refractivity contribution in [1.29, 1.82) is 0 Å². The summed E-state index contributed by atoms with van der Waals surface area (Å²) in [5, 5.41) is 1.19. The molecular formula is C15H17NOS. The molecule has 0 radical (unpaired) electrons. The van der Waals surface area contributed by atoms with Gasteiger partial charge in [0.2, 0.25) is 0 Å². The summed E-state index contributed by atoms with van der Waals surface area (Å²) in [7, 11) is 0. The molecule has 18 heavy (non-hydrogen) atoms. The lowest BCUT2D eigenvalue weighted by atomic mass is 9.97. The molecule has 1 aliphatic carbocycles. The second-order valence-electron chi connectivity index (χ2n) is 5.13. The molecule has 2 nitrogen and oxygen atoms in total. The molecule has 0 spiro atoms. The van der Waals surface area contributed by atoms with Crippen LogP contribution in [0.1, 0.15) is 37.1 Å². The van der Waals surface area contributed by atoms with Gasteiger partial charge in [0.15, 0.2) is 0 Å². The van der Waals surface area contributed by atoms with Crippen molar-refractivity contribution in [3.05, 3.63) is 29.3 Å². The number of hydrogen-bond acceptors (Lipinski definition) is 3. The maximum absolute atomic E-state index is 11.6. The van der Waals surface area contributed by atoms with Gasteiger partial charge >= 0.3 is 0 Å². The number of hydrogen-bond donors (Lipinski definition) is 0. The minimum Gasteiger partial charge on any atom is -0.300 e. The van der Waals surface area contributed by atoms with Crippen molar-refractivity contribution in [2.24, 2.45) is 5.92 Å². The Kier molecular flexibility index (Phi) is 3.41. The van der Waals surface area contributed by atoms with E-state index in [4.69, 9.17) is 0 Å². The van der Waals surface area contributed by atoms with E-state index in [0.717, 1.165) is 31.2 Å². The van der Waals surface area contributed by atoms with Gasteiger partial charge in [-0.3, -0.25) is 4.79 Å². The fourth-order valence-electron chi connectivity index (χ4n) is 2.71. The molecule has 0 bridgehead atoms. The van der Waals surface area contributed by atoms with Gasteiger partial charge in [-0.15, -0.1) is 11.3 Å². The SMILES string of the molecule is O=C1CCCCC(Cc2nc3ccccc3s2)C1. The van der Waals surface area contributed by atoms with Crippen LogP contribution in [0, 0.1) is 5.92 Å². The Morgan fingerprint density at radius 1 is 1.28 bits per heavy atom. The van der Waals surface area contributed by atoms with Crippen molar-refractivity contribution in [1.82, 2.24) is 4.98 Å². The Morgan fingerprint density at radius 2 is 2.17 bits per heavy atom. The Labute approximate surface area is 111 Å². The van der Waals surface area contributed by atoms with Crippen LogP contribution < -0.4 is 0 Å². The van der Waals surface area contributed by atoms with Crippen LogP contribution in [-0.2, 0) is 11.2 Å². The highest BCUT2D eigenvalue weighted by Crippen LogP contribution is 2.28. The first-order valence-corrected chi connectivity index (χ1v) is 7.49. The Balaban J connectivity index is 1.76. The highest BCUT2D eigenvalue weighted by Gasteiger charge is 2.19. The van der Waals surface area contributed by atoms with Crippen molar-refractivity contribution in [2.75, 3.05) is 0 Å². The van der Waals surface area contributed by atoms with E-state index in [-0.39, 0.29) is 0 Å². The van der Waals surface area contributed by atoms with E-state index in [1.807, 2.05) is 6.07 Å². The molecule has 1 heterocycles. The zero-order valence-corrected chi connectivity index (χ0v) is 11.2. The summed E-state index contributed by atoms with van der Waals surface area (Å²) in [5.74, 6) is 0.958. The topological polar surface area (TPSA) is 30.0 Å². The molecule has 1 unspecified atom stereocenters. The summed E-state index contributed by atoms with van der Waals surface area (Å²) in [6.07, 6.45) is 5.98. The minimum absolute atomic E-state index is 0.443. The third-order valence-electron chi connectivity index (χ3n) is 3.64. The van der Waals surface area contributed by atoms with Gasteiger partial charge in [-0.1, -0.05) is 18.6 Å². The molecule has 1 fully saturated rings. The quantitative estimate of drug-likeness (QED) is 0.763. The first kappa shape index (κ1) is 11.8. The number of Topliss-reactive ketones (excluding diaryl/α,β-unsaturated/α-hetero) is 1. The molecule has 1 atom stereocenters. The number of ketones is 1. The molecule has 3 heteroatoms.